The zero-order chi connectivity index (χ0) is 24.9. The maximum absolute atomic E-state index is 14.0. The van der Waals surface area contributed by atoms with Crippen LogP contribution in [0.15, 0.2) is 24.5 Å². The molecular weight excluding hydrogens is 432 g/mol. The van der Waals surface area contributed by atoms with Gasteiger partial charge in [-0.15, -0.1) is 0 Å². The molecule has 0 bridgehead atoms. The number of rotatable bonds is 8. The third-order valence-corrected chi connectivity index (χ3v) is 6.14. The van der Waals surface area contributed by atoms with E-state index in [4.69, 9.17) is 9.47 Å². The molecule has 0 spiro atoms. The summed E-state index contributed by atoms with van der Waals surface area (Å²) in [7, 11) is 1.70. The summed E-state index contributed by atoms with van der Waals surface area (Å²) in [6.45, 7) is 12.2. The molecule has 1 aliphatic rings. The number of fused-ring (bicyclic) bond motifs is 1. The minimum absolute atomic E-state index is 0.00540. The maximum atomic E-state index is 14.0. The van der Waals surface area contributed by atoms with Gasteiger partial charge < -0.3 is 23.8 Å². The second-order valence-corrected chi connectivity index (χ2v) is 10.3. The molecule has 8 nitrogen and oxygen atoms in total. The van der Waals surface area contributed by atoms with E-state index in [1.807, 2.05) is 57.8 Å². The smallest absolute Gasteiger partial charge is 0.410 e. The van der Waals surface area contributed by atoms with E-state index in [1.165, 1.54) is 0 Å². The molecule has 188 valence electrons. The van der Waals surface area contributed by atoms with E-state index in [2.05, 4.69) is 9.55 Å². The van der Waals surface area contributed by atoms with Gasteiger partial charge >= 0.3 is 6.09 Å². The summed E-state index contributed by atoms with van der Waals surface area (Å²) < 4.78 is 12.9. The number of nitrogens with zero attached hydrogens (tertiary/aromatic N) is 4. The third-order valence-electron chi connectivity index (χ3n) is 6.14. The van der Waals surface area contributed by atoms with Crippen LogP contribution in [0.4, 0.5) is 4.79 Å². The Morgan fingerprint density at radius 1 is 1.26 bits per heavy atom. The molecule has 1 saturated heterocycles. The highest BCUT2D eigenvalue weighted by Gasteiger charge is 2.35. The van der Waals surface area contributed by atoms with Crippen molar-refractivity contribution in [2.45, 2.75) is 84.5 Å². The van der Waals surface area contributed by atoms with Crippen LogP contribution >= 0.6 is 0 Å². The predicted octanol–water partition coefficient (Wildman–Crippen LogP) is 4.71. The molecule has 34 heavy (non-hydrogen) atoms. The van der Waals surface area contributed by atoms with Gasteiger partial charge in [0.1, 0.15) is 11.3 Å². The zero-order valence-electron chi connectivity index (χ0n) is 21.5. The predicted molar refractivity (Wildman–Crippen MR) is 133 cm³/mol. The highest BCUT2D eigenvalue weighted by Crippen LogP contribution is 2.26. The molecule has 1 aliphatic heterocycles. The van der Waals surface area contributed by atoms with Crippen LogP contribution in [-0.4, -0.2) is 75.8 Å². The number of unbranched alkanes of at least 4 members (excludes halogenated alkanes) is 1. The molecule has 0 radical (unpaired) electrons. The van der Waals surface area contributed by atoms with Crippen LogP contribution in [0.2, 0.25) is 0 Å². The molecule has 0 saturated carbocycles. The summed E-state index contributed by atoms with van der Waals surface area (Å²) in [5, 5.41) is 1.01. The molecule has 2 aromatic heterocycles. The van der Waals surface area contributed by atoms with Gasteiger partial charge in [-0.05, 0) is 72.4 Å². The molecular formula is C26H40N4O4. The number of methoxy groups -OCH3 is 1. The van der Waals surface area contributed by atoms with Crippen LogP contribution in [0.25, 0.3) is 10.9 Å². The Morgan fingerprint density at radius 2 is 2.03 bits per heavy atom. The molecule has 2 aromatic rings. The number of amides is 2. The Hall–Kier alpha value is -2.61. The Morgan fingerprint density at radius 3 is 2.71 bits per heavy atom. The van der Waals surface area contributed by atoms with E-state index in [0.717, 1.165) is 43.1 Å². The summed E-state index contributed by atoms with van der Waals surface area (Å²) >= 11 is 0. The number of piperidine rings is 1. The van der Waals surface area contributed by atoms with E-state index < -0.39 is 5.60 Å². The number of pyridine rings is 1. The van der Waals surface area contributed by atoms with Gasteiger partial charge in [0, 0.05) is 51.0 Å². The number of hydrogen-bond donors (Lipinski definition) is 0. The molecule has 0 aliphatic carbocycles. The quantitative estimate of drug-likeness (QED) is 0.520. The van der Waals surface area contributed by atoms with Crippen LogP contribution in [0.5, 0.6) is 0 Å². The average molecular weight is 473 g/mol. The standard InChI is InChI=1S/C26H40N4O4/c1-19(2)30(21-10-9-13-28(18-21)25(32)34-26(3,4)5)24(31)22-16-20-11-12-27-17-23(20)29(22)14-7-8-15-33-6/h11-12,16-17,19,21H,7-10,13-15,18H2,1-6H3/t21-/m1/s1. The topological polar surface area (TPSA) is 76.9 Å². The molecule has 8 heteroatoms. The minimum Gasteiger partial charge on any atom is -0.444 e. The van der Waals surface area contributed by atoms with Crippen molar-refractivity contribution in [2.75, 3.05) is 26.8 Å². The van der Waals surface area contributed by atoms with E-state index in [-0.39, 0.29) is 24.1 Å². The number of carbonyl (C=O) groups excluding carboxylic acids is 2. The number of likely N-dealkylation sites (tertiary alicyclic amines) is 1. The number of ether oxygens (including phenoxy) is 2. The van der Waals surface area contributed by atoms with Gasteiger partial charge in [0.05, 0.1) is 17.8 Å². The summed E-state index contributed by atoms with van der Waals surface area (Å²) in [5.74, 6) is -0.00557. The molecule has 3 rings (SSSR count). The Bertz CT molecular complexity index is 979. The number of aromatic nitrogens is 2. The first-order chi connectivity index (χ1) is 16.1. The fraction of sp³-hybridized carbons (Fsp3) is 0.654. The van der Waals surface area contributed by atoms with Crippen LogP contribution in [0.3, 0.4) is 0 Å². The van der Waals surface area contributed by atoms with Gasteiger partial charge in [0.2, 0.25) is 0 Å². The van der Waals surface area contributed by atoms with Crippen molar-refractivity contribution in [1.82, 2.24) is 19.4 Å². The van der Waals surface area contributed by atoms with Crippen LogP contribution in [-0.2, 0) is 16.0 Å². The minimum atomic E-state index is -0.546. The van der Waals surface area contributed by atoms with Gasteiger partial charge in [-0.3, -0.25) is 9.78 Å². The Kier molecular flexibility index (Phi) is 8.57. The van der Waals surface area contributed by atoms with Crippen molar-refractivity contribution < 1.29 is 19.1 Å². The fourth-order valence-corrected chi connectivity index (χ4v) is 4.66. The van der Waals surface area contributed by atoms with E-state index >= 15 is 0 Å². The normalized spacial score (nSPS) is 16.8. The highest BCUT2D eigenvalue weighted by atomic mass is 16.6. The van der Waals surface area contributed by atoms with Crippen molar-refractivity contribution in [2.24, 2.45) is 0 Å². The first-order valence-corrected chi connectivity index (χ1v) is 12.3. The lowest BCUT2D eigenvalue weighted by molar-refractivity contribution is 0.00733. The molecule has 3 heterocycles. The second-order valence-electron chi connectivity index (χ2n) is 10.3. The summed E-state index contributed by atoms with van der Waals surface area (Å²) in [4.78, 5) is 34.7. The van der Waals surface area contributed by atoms with Crippen LogP contribution in [0.1, 0.15) is 70.8 Å². The van der Waals surface area contributed by atoms with E-state index in [1.54, 1.807) is 18.2 Å². The molecule has 2 amide bonds. The highest BCUT2D eigenvalue weighted by molar-refractivity contribution is 5.99. The monoisotopic (exact) mass is 472 g/mol. The van der Waals surface area contributed by atoms with Crippen molar-refractivity contribution in [3.63, 3.8) is 0 Å². The fourth-order valence-electron chi connectivity index (χ4n) is 4.66. The number of aryl methyl sites for hydroxylation is 1. The van der Waals surface area contributed by atoms with E-state index in [0.29, 0.717) is 25.4 Å². The SMILES string of the molecule is COCCCCn1c(C(=O)N(C(C)C)[C@@H]2CCCN(C(=O)OC(C)(C)C)C2)cc2ccncc21. The summed E-state index contributed by atoms with van der Waals surface area (Å²) in [5.41, 5.74) is 1.09. The van der Waals surface area contributed by atoms with E-state index in [9.17, 15) is 9.59 Å². The second kappa shape index (κ2) is 11.2. The van der Waals surface area contributed by atoms with Gasteiger partial charge in [0.15, 0.2) is 0 Å². The van der Waals surface area contributed by atoms with Crippen LogP contribution in [0, 0.1) is 0 Å². The van der Waals surface area contributed by atoms with Crippen molar-refractivity contribution >= 4 is 22.9 Å². The van der Waals surface area contributed by atoms with Gasteiger partial charge in [-0.25, -0.2) is 4.79 Å². The number of hydrogen-bond acceptors (Lipinski definition) is 5. The Balaban J connectivity index is 1.86. The molecule has 1 atom stereocenters. The lowest BCUT2D eigenvalue weighted by Gasteiger charge is -2.41. The Labute approximate surface area is 203 Å². The van der Waals surface area contributed by atoms with Gasteiger partial charge in [-0.2, -0.15) is 0 Å². The lowest BCUT2D eigenvalue weighted by atomic mass is 10.0. The zero-order valence-corrected chi connectivity index (χ0v) is 21.5. The summed E-state index contributed by atoms with van der Waals surface area (Å²) in [6, 6.07) is 3.85. The third kappa shape index (κ3) is 6.29. The first kappa shape index (κ1) is 26.0. The van der Waals surface area contributed by atoms with Crippen molar-refractivity contribution in [3.8, 4) is 0 Å². The first-order valence-electron chi connectivity index (χ1n) is 12.3. The maximum Gasteiger partial charge on any atom is 0.410 e. The molecule has 1 fully saturated rings. The summed E-state index contributed by atoms with van der Waals surface area (Å²) in [6.07, 6.45) is 6.80. The molecule has 0 N–H and O–H groups in total. The van der Waals surface area contributed by atoms with Crippen molar-refractivity contribution in [1.29, 1.82) is 0 Å². The van der Waals surface area contributed by atoms with Gasteiger partial charge in [0.25, 0.3) is 5.91 Å². The van der Waals surface area contributed by atoms with Gasteiger partial charge in [-0.1, -0.05) is 0 Å². The van der Waals surface area contributed by atoms with Crippen molar-refractivity contribution in [3.05, 3.63) is 30.2 Å². The number of carbonyl (C=O) groups is 2. The largest absolute Gasteiger partial charge is 0.444 e. The molecule has 0 unspecified atom stereocenters. The van der Waals surface area contributed by atoms with Crippen LogP contribution < -0.4 is 0 Å². The average Bonchev–Trinajstić information content (AvgIpc) is 3.14. The molecule has 0 aromatic carbocycles. The lowest BCUT2D eigenvalue weighted by Crippen LogP contribution is -2.54.